The maximum absolute atomic E-state index is 12.0. The van der Waals surface area contributed by atoms with Gasteiger partial charge in [0.25, 0.3) is 5.91 Å². The van der Waals surface area contributed by atoms with Gasteiger partial charge in [0.05, 0.1) is 12.1 Å². The van der Waals surface area contributed by atoms with Crippen molar-refractivity contribution in [1.29, 1.82) is 0 Å². The molecule has 19 heavy (non-hydrogen) atoms. The van der Waals surface area contributed by atoms with Crippen LogP contribution in [0, 0.1) is 0 Å². The number of rotatable bonds is 3. The molecule has 0 heterocycles. The van der Waals surface area contributed by atoms with Gasteiger partial charge in [-0.1, -0.05) is 11.6 Å². The number of carbonyl (C=O) groups is 1. The number of hydrogen-bond donors (Lipinski definition) is 2. The SMILES string of the molecule is COc1ccc(NC(=O)c2ccc(S)cc2)cc1Cl. The van der Waals surface area contributed by atoms with Crippen LogP contribution in [0.1, 0.15) is 10.4 Å². The van der Waals surface area contributed by atoms with Gasteiger partial charge in [-0.05, 0) is 42.5 Å². The molecular weight excluding hydrogens is 282 g/mol. The highest BCUT2D eigenvalue weighted by molar-refractivity contribution is 7.80. The third-order valence-corrected chi connectivity index (χ3v) is 3.13. The molecule has 2 aromatic rings. The number of methoxy groups -OCH3 is 1. The normalized spacial score (nSPS) is 10.1. The Balaban J connectivity index is 2.14. The number of nitrogens with one attached hydrogen (secondary N) is 1. The molecule has 0 unspecified atom stereocenters. The van der Waals surface area contributed by atoms with E-state index in [-0.39, 0.29) is 5.91 Å². The summed E-state index contributed by atoms with van der Waals surface area (Å²) in [6, 6.07) is 12.0. The lowest BCUT2D eigenvalue weighted by Gasteiger charge is -2.08. The Morgan fingerprint density at radius 1 is 1.21 bits per heavy atom. The van der Waals surface area contributed by atoms with Gasteiger partial charge in [-0.2, -0.15) is 0 Å². The summed E-state index contributed by atoms with van der Waals surface area (Å²) in [4.78, 5) is 12.8. The molecule has 98 valence electrons. The van der Waals surface area contributed by atoms with Crippen molar-refractivity contribution in [2.24, 2.45) is 0 Å². The van der Waals surface area contributed by atoms with Crippen molar-refractivity contribution in [3.05, 3.63) is 53.1 Å². The van der Waals surface area contributed by atoms with E-state index >= 15 is 0 Å². The summed E-state index contributed by atoms with van der Waals surface area (Å²) >= 11 is 10.2. The third-order valence-electron chi connectivity index (χ3n) is 2.54. The summed E-state index contributed by atoms with van der Waals surface area (Å²) in [6.45, 7) is 0. The van der Waals surface area contributed by atoms with Gasteiger partial charge in [0.2, 0.25) is 0 Å². The Kier molecular flexibility index (Phi) is 4.35. The standard InChI is InChI=1S/C14H12ClNO2S/c1-18-13-7-4-10(8-12(13)15)16-14(17)9-2-5-11(19)6-3-9/h2-8,19H,1H3,(H,16,17). The lowest BCUT2D eigenvalue weighted by Crippen LogP contribution is -2.11. The van der Waals surface area contributed by atoms with Gasteiger partial charge < -0.3 is 10.1 Å². The summed E-state index contributed by atoms with van der Waals surface area (Å²) in [5, 5.41) is 3.22. The molecule has 0 spiro atoms. The summed E-state index contributed by atoms with van der Waals surface area (Å²) in [5.41, 5.74) is 1.18. The fraction of sp³-hybridized carbons (Fsp3) is 0.0714. The van der Waals surface area contributed by atoms with Crippen LogP contribution in [0.5, 0.6) is 5.75 Å². The zero-order valence-electron chi connectivity index (χ0n) is 10.2. The molecular formula is C14H12ClNO2S. The van der Waals surface area contributed by atoms with Crippen LogP contribution in [-0.2, 0) is 0 Å². The van der Waals surface area contributed by atoms with Crippen LogP contribution in [0.15, 0.2) is 47.4 Å². The lowest BCUT2D eigenvalue weighted by atomic mass is 10.2. The zero-order chi connectivity index (χ0) is 13.8. The maximum atomic E-state index is 12.0. The fourth-order valence-electron chi connectivity index (χ4n) is 1.56. The van der Waals surface area contributed by atoms with Crippen molar-refractivity contribution in [3.63, 3.8) is 0 Å². The van der Waals surface area contributed by atoms with Crippen LogP contribution < -0.4 is 10.1 Å². The topological polar surface area (TPSA) is 38.3 Å². The van der Waals surface area contributed by atoms with E-state index in [4.69, 9.17) is 16.3 Å². The minimum Gasteiger partial charge on any atom is -0.495 e. The van der Waals surface area contributed by atoms with Gasteiger partial charge in [-0.3, -0.25) is 4.79 Å². The highest BCUT2D eigenvalue weighted by atomic mass is 35.5. The van der Waals surface area contributed by atoms with E-state index < -0.39 is 0 Å². The molecule has 2 aromatic carbocycles. The summed E-state index contributed by atoms with van der Waals surface area (Å²) in [6.07, 6.45) is 0. The number of benzene rings is 2. The van der Waals surface area contributed by atoms with E-state index in [0.717, 1.165) is 4.90 Å². The number of hydrogen-bond acceptors (Lipinski definition) is 3. The van der Waals surface area contributed by atoms with Crippen molar-refractivity contribution in [1.82, 2.24) is 0 Å². The first-order valence-electron chi connectivity index (χ1n) is 5.54. The molecule has 0 aliphatic rings. The van der Waals surface area contributed by atoms with E-state index in [9.17, 15) is 4.79 Å². The molecule has 0 aliphatic carbocycles. The van der Waals surface area contributed by atoms with Crippen LogP contribution >= 0.6 is 24.2 Å². The fourth-order valence-corrected chi connectivity index (χ4v) is 1.97. The number of halogens is 1. The van der Waals surface area contributed by atoms with Gasteiger partial charge in [-0.25, -0.2) is 0 Å². The Bertz CT molecular complexity index is 599. The molecule has 1 N–H and O–H groups in total. The quantitative estimate of drug-likeness (QED) is 0.843. The van der Waals surface area contributed by atoms with Crippen LogP contribution in [0.3, 0.4) is 0 Å². The molecule has 5 heteroatoms. The van der Waals surface area contributed by atoms with Gasteiger partial charge in [0.1, 0.15) is 5.75 Å². The molecule has 2 rings (SSSR count). The van der Waals surface area contributed by atoms with Gasteiger partial charge in [0.15, 0.2) is 0 Å². The lowest BCUT2D eigenvalue weighted by molar-refractivity contribution is 0.102. The highest BCUT2D eigenvalue weighted by Crippen LogP contribution is 2.27. The molecule has 0 fully saturated rings. The molecule has 3 nitrogen and oxygen atoms in total. The first-order chi connectivity index (χ1) is 9.10. The molecule has 0 saturated heterocycles. The predicted molar refractivity (Wildman–Crippen MR) is 79.7 cm³/mol. The van der Waals surface area contributed by atoms with Crippen molar-refractivity contribution < 1.29 is 9.53 Å². The molecule has 0 atom stereocenters. The Morgan fingerprint density at radius 3 is 2.47 bits per heavy atom. The van der Waals surface area contributed by atoms with E-state index in [0.29, 0.717) is 22.0 Å². The Hall–Kier alpha value is -1.65. The average Bonchev–Trinajstić information content (AvgIpc) is 2.39. The summed E-state index contributed by atoms with van der Waals surface area (Å²) < 4.78 is 5.05. The van der Waals surface area contributed by atoms with E-state index in [1.165, 1.54) is 0 Å². The van der Waals surface area contributed by atoms with Gasteiger partial charge in [-0.15, -0.1) is 12.6 Å². The van der Waals surface area contributed by atoms with E-state index in [1.54, 1.807) is 49.6 Å². The van der Waals surface area contributed by atoms with Gasteiger partial charge >= 0.3 is 0 Å². The molecule has 1 amide bonds. The van der Waals surface area contributed by atoms with Crippen molar-refractivity contribution >= 4 is 35.8 Å². The summed E-state index contributed by atoms with van der Waals surface area (Å²) in [5.74, 6) is 0.369. The second-order valence-electron chi connectivity index (χ2n) is 3.85. The number of thiol groups is 1. The first-order valence-corrected chi connectivity index (χ1v) is 6.36. The second-order valence-corrected chi connectivity index (χ2v) is 4.77. The predicted octanol–water partition coefficient (Wildman–Crippen LogP) is 3.89. The third kappa shape index (κ3) is 3.43. The molecule has 0 aromatic heterocycles. The molecule has 0 radical (unpaired) electrons. The monoisotopic (exact) mass is 293 g/mol. The number of ether oxygens (including phenoxy) is 1. The molecule has 0 aliphatic heterocycles. The van der Waals surface area contributed by atoms with E-state index in [1.807, 2.05) is 0 Å². The minimum absolute atomic E-state index is 0.199. The van der Waals surface area contributed by atoms with E-state index in [2.05, 4.69) is 17.9 Å². The largest absolute Gasteiger partial charge is 0.495 e. The van der Waals surface area contributed by atoms with Crippen LogP contribution in [0.2, 0.25) is 5.02 Å². The highest BCUT2D eigenvalue weighted by Gasteiger charge is 2.07. The van der Waals surface area contributed by atoms with Crippen molar-refractivity contribution in [2.45, 2.75) is 4.90 Å². The average molecular weight is 294 g/mol. The number of amides is 1. The smallest absolute Gasteiger partial charge is 0.255 e. The molecule has 0 bridgehead atoms. The Labute approximate surface area is 122 Å². The maximum Gasteiger partial charge on any atom is 0.255 e. The molecule has 0 saturated carbocycles. The number of anilines is 1. The second kappa shape index (κ2) is 5.99. The first kappa shape index (κ1) is 13.8. The zero-order valence-corrected chi connectivity index (χ0v) is 11.8. The van der Waals surface area contributed by atoms with Crippen molar-refractivity contribution in [3.8, 4) is 5.75 Å². The van der Waals surface area contributed by atoms with Crippen LogP contribution in [0.4, 0.5) is 5.69 Å². The summed E-state index contributed by atoms with van der Waals surface area (Å²) in [7, 11) is 1.54. The van der Waals surface area contributed by atoms with Crippen LogP contribution in [-0.4, -0.2) is 13.0 Å². The minimum atomic E-state index is -0.199. The van der Waals surface area contributed by atoms with Gasteiger partial charge in [0, 0.05) is 16.1 Å². The Morgan fingerprint density at radius 2 is 1.89 bits per heavy atom. The van der Waals surface area contributed by atoms with Crippen molar-refractivity contribution in [2.75, 3.05) is 12.4 Å². The van der Waals surface area contributed by atoms with Crippen LogP contribution in [0.25, 0.3) is 0 Å². The number of carbonyl (C=O) groups excluding carboxylic acids is 1.